The average Bonchev–Trinajstić information content (AvgIpc) is 2.75. The smallest absolute Gasteiger partial charge is 0.274 e. The van der Waals surface area contributed by atoms with Gasteiger partial charge >= 0.3 is 0 Å². The Labute approximate surface area is 88.6 Å². The molecule has 15 heavy (non-hydrogen) atoms. The highest BCUT2D eigenvalue weighted by Crippen LogP contribution is 2.15. The molecule has 1 aliphatic heterocycles. The van der Waals surface area contributed by atoms with Gasteiger partial charge in [0.15, 0.2) is 5.69 Å². The quantitative estimate of drug-likeness (QED) is 0.692. The summed E-state index contributed by atoms with van der Waals surface area (Å²) in [5.74, 6) is -0.00944. The lowest BCUT2D eigenvalue weighted by Crippen LogP contribution is -2.32. The monoisotopic (exact) mass is 208 g/mol. The lowest BCUT2D eigenvalue weighted by atomic mass is 10.2. The van der Waals surface area contributed by atoms with Crippen molar-refractivity contribution in [2.24, 2.45) is 5.73 Å². The molecular weight excluding hydrogens is 192 g/mol. The van der Waals surface area contributed by atoms with Gasteiger partial charge in [0.2, 0.25) is 0 Å². The number of likely N-dealkylation sites (tertiary alicyclic amines) is 1. The third-order valence-electron chi connectivity index (χ3n) is 2.97. The van der Waals surface area contributed by atoms with Crippen LogP contribution in [0.25, 0.3) is 0 Å². The summed E-state index contributed by atoms with van der Waals surface area (Å²) in [4.78, 5) is 13.8. The van der Waals surface area contributed by atoms with E-state index in [9.17, 15) is 4.79 Å². The number of nitrogens with one attached hydrogen (secondary N) is 1. The molecule has 1 atom stereocenters. The van der Waals surface area contributed by atoms with Gasteiger partial charge in [-0.05, 0) is 20.3 Å². The van der Waals surface area contributed by atoms with Gasteiger partial charge in [0.25, 0.3) is 5.91 Å². The Morgan fingerprint density at radius 1 is 1.60 bits per heavy atom. The number of amides is 1. The van der Waals surface area contributed by atoms with E-state index >= 15 is 0 Å². The maximum Gasteiger partial charge on any atom is 0.274 e. The number of nitrogens with zero attached hydrogens (tertiary/aromatic N) is 2. The van der Waals surface area contributed by atoms with Crippen LogP contribution in [0.5, 0.6) is 0 Å². The van der Waals surface area contributed by atoms with E-state index in [-0.39, 0.29) is 11.9 Å². The Morgan fingerprint density at radius 2 is 2.33 bits per heavy atom. The predicted molar refractivity (Wildman–Crippen MR) is 56.6 cm³/mol. The first-order chi connectivity index (χ1) is 7.09. The molecule has 5 nitrogen and oxygen atoms in total. The topological polar surface area (TPSA) is 75.0 Å². The normalized spacial score (nSPS) is 21.0. The first-order valence-corrected chi connectivity index (χ1v) is 5.16. The lowest BCUT2D eigenvalue weighted by Gasteiger charge is -2.14. The van der Waals surface area contributed by atoms with Crippen molar-refractivity contribution in [1.29, 1.82) is 0 Å². The highest BCUT2D eigenvalue weighted by atomic mass is 16.2. The number of nitrogens with two attached hydrogens (primary N) is 1. The minimum absolute atomic E-state index is 0.00944. The van der Waals surface area contributed by atoms with E-state index in [0.29, 0.717) is 12.2 Å². The highest BCUT2D eigenvalue weighted by molar-refractivity contribution is 5.94. The molecule has 2 heterocycles. The number of aromatic amines is 1. The summed E-state index contributed by atoms with van der Waals surface area (Å²) in [6.45, 7) is 5.20. The molecule has 0 bridgehead atoms. The fourth-order valence-electron chi connectivity index (χ4n) is 1.81. The van der Waals surface area contributed by atoms with Crippen LogP contribution in [0.1, 0.15) is 28.2 Å². The van der Waals surface area contributed by atoms with Crippen LogP contribution in [0.15, 0.2) is 0 Å². The molecule has 1 aromatic rings. The summed E-state index contributed by atoms with van der Waals surface area (Å²) in [6.07, 6.45) is 0.883. The van der Waals surface area contributed by atoms with Gasteiger partial charge in [0, 0.05) is 30.4 Å². The average molecular weight is 208 g/mol. The Balaban J connectivity index is 2.18. The van der Waals surface area contributed by atoms with Crippen molar-refractivity contribution in [2.45, 2.75) is 26.3 Å². The largest absolute Gasteiger partial charge is 0.336 e. The van der Waals surface area contributed by atoms with Crippen LogP contribution in [0.2, 0.25) is 0 Å². The van der Waals surface area contributed by atoms with Gasteiger partial charge in [-0.25, -0.2) is 0 Å². The predicted octanol–water partition coefficient (Wildman–Crippen LogP) is 0.200. The Morgan fingerprint density at radius 3 is 2.80 bits per heavy atom. The second-order valence-corrected chi connectivity index (χ2v) is 4.12. The summed E-state index contributed by atoms with van der Waals surface area (Å²) in [5, 5.41) is 6.85. The summed E-state index contributed by atoms with van der Waals surface area (Å²) in [7, 11) is 0. The first kappa shape index (κ1) is 10.2. The van der Waals surface area contributed by atoms with E-state index in [0.717, 1.165) is 24.2 Å². The maximum atomic E-state index is 12.0. The summed E-state index contributed by atoms with van der Waals surface area (Å²) in [6, 6.07) is 0.120. The zero-order valence-corrected chi connectivity index (χ0v) is 9.08. The van der Waals surface area contributed by atoms with Crippen LogP contribution in [-0.4, -0.2) is 40.1 Å². The molecule has 1 fully saturated rings. The van der Waals surface area contributed by atoms with Crippen molar-refractivity contribution in [1.82, 2.24) is 15.1 Å². The van der Waals surface area contributed by atoms with E-state index in [1.807, 2.05) is 13.8 Å². The molecule has 1 amide bonds. The minimum Gasteiger partial charge on any atom is -0.336 e. The molecule has 1 saturated heterocycles. The standard InChI is InChI=1S/C10H16N4O/c1-6-7(2)12-13-9(6)10(15)14-4-3-8(11)5-14/h8H,3-5,11H2,1-2H3,(H,12,13)/t8-/m1/s1. The number of hydrogen-bond donors (Lipinski definition) is 2. The van der Waals surface area contributed by atoms with Crippen LogP contribution in [0, 0.1) is 13.8 Å². The lowest BCUT2D eigenvalue weighted by molar-refractivity contribution is 0.0784. The van der Waals surface area contributed by atoms with Crippen molar-refractivity contribution in [2.75, 3.05) is 13.1 Å². The zero-order chi connectivity index (χ0) is 11.0. The molecule has 1 aliphatic rings. The van der Waals surface area contributed by atoms with Crippen LogP contribution in [0.4, 0.5) is 0 Å². The van der Waals surface area contributed by atoms with Gasteiger partial charge in [-0.1, -0.05) is 0 Å². The molecular formula is C10H16N4O. The summed E-state index contributed by atoms with van der Waals surface area (Å²) in [5.41, 5.74) is 8.17. The number of hydrogen-bond acceptors (Lipinski definition) is 3. The van der Waals surface area contributed by atoms with Gasteiger partial charge < -0.3 is 10.6 Å². The molecule has 0 unspecified atom stereocenters. The fourth-order valence-corrected chi connectivity index (χ4v) is 1.81. The molecule has 2 rings (SSSR count). The zero-order valence-electron chi connectivity index (χ0n) is 9.08. The molecule has 0 radical (unpaired) electrons. The van der Waals surface area contributed by atoms with E-state index < -0.39 is 0 Å². The van der Waals surface area contributed by atoms with Crippen LogP contribution in [0.3, 0.4) is 0 Å². The summed E-state index contributed by atoms with van der Waals surface area (Å²) < 4.78 is 0. The Hall–Kier alpha value is -1.36. The number of rotatable bonds is 1. The summed E-state index contributed by atoms with van der Waals surface area (Å²) >= 11 is 0. The molecule has 3 N–H and O–H groups in total. The molecule has 0 spiro atoms. The van der Waals surface area contributed by atoms with Crippen molar-refractivity contribution in [3.8, 4) is 0 Å². The third kappa shape index (κ3) is 1.74. The minimum atomic E-state index is -0.00944. The second-order valence-electron chi connectivity index (χ2n) is 4.12. The SMILES string of the molecule is Cc1[nH]nc(C(=O)N2CC[C@@H](N)C2)c1C. The maximum absolute atomic E-state index is 12.0. The van der Waals surface area contributed by atoms with Crippen molar-refractivity contribution < 1.29 is 4.79 Å². The molecule has 0 aliphatic carbocycles. The first-order valence-electron chi connectivity index (χ1n) is 5.16. The third-order valence-corrected chi connectivity index (χ3v) is 2.97. The van der Waals surface area contributed by atoms with Crippen LogP contribution in [-0.2, 0) is 0 Å². The van der Waals surface area contributed by atoms with Gasteiger partial charge in [-0.15, -0.1) is 0 Å². The van der Waals surface area contributed by atoms with Crippen molar-refractivity contribution in [3.63, 3.8) is 0 Å². The van der Waals surface area contributed by atoms with Gasteiger partial charge in [0.05, 0.1) is 0 Å². The van der Waals surface area contributed by atoms with E-state index in [2.05, 4.69) is 10.2 Å². The number of carbonyl (C=O) groups excluding carboxylic acids is 1. The van der Waals surface area contributed by atoms with Crippen molar-refractivity contribution in [3.05, 3.63) is 17.0 Å². The molecule has 0 aromatic carbocycles. The van der Waals surface area contributed by atoms with Crippen molar-refractivity contribution >= 4 is 5.91 Å². The van der Waals surface area contributed by atoms with E-state index in [4.69, 9.17) is 5.73 Å². The van der Waals surface area contributed by atoms with Crippen LogP contribution < -0.4 is 5.73 Å². The van der Waals surface area contributed by atoms with Crippen LogP contribution >= 0.6 is 0 Å². The van der Waals surface area contributed by atoms with E-state index in [1.54, 1.807) is 4.90 Å². The van der Waals surface area contributed by atoms with Gasteiger partial charge in [-0.2, -0.15) is 5.10 Å². The Kier molecular flexibility index (Phi) is 2.48. The molecule has 1 aromatic heterocycles. The molecule has 82 valence electrons. The van der Waals surface area contributed by atoms with E-state index in [1.165, 1.54) is 0 Å². The Bertz CT molecular complexity index is 385. The number of H-pyrrole nitrogens is 1. The van der Waals surface area contributed by atoms with Gasteiger partial charge in [0.1, 0.15) is 0 Å². The molecule has 5 heteroatoms. The number of aromatic nitrogens is 2. The fraction of sp³-hybridized carbons (Fsp3) is 0.600. The second kappa shape index (κ2) is 3.66. The number of aryl methyl sites for hydroxylation is 1. The highest BCUT2D eigenvalue weighted by Gasteiger charge is 2.27. The molecule has 0 saturated carbocycles. The number of carbonyl (C=O) groups is 1. The van der Waals surface area contributed by atoms with Gasteiger partial charge in [-0.3, -0.25) is 9.89 Å².